The van der Waals surface area contributed by atoms with Crippen LogP contribution < -0.4 is 15.0 Å². The molecule has 1 amide bonds. The lowest BCUT2D eigenvalue weighted by Crippen LogP contribution is -2.27. The van der Waals surface area contributed by atoms with E-state index >= 15 is 0 Å². The van der Waals surface area contributed by atoms with Crippen molar-refractivity contribution in [2.75, 3.05) is 27.3 Å². The van der Waals surface area contributed by atoms with Crippen LogP contribution in [0, 0.1) is 11.7 Å². The number of aromatic amines is 1. The van der Waals surface area contributed by atoms with E-state index in [0.29, 0.717) is 23.7 Å². The molecule has 0 aliphatic carbocycles. The number of rotatable bonds is 7. The fourth-order valence-electron chi connectivity index (χ4n) is 1.96. The zero-order chi connectivity index (χ0) is 20.0. The summed E-state index contributed by atoms with van der Waals surface area (Å²) in [5, 5.41) is 10.5. The van der Waals surface area contributed by atoms with Crippen LogP contribution in [0.5, 0.6) is 11.5 Å². The molecule has 1 aromatic carbocycles. The van der Waals surface area contributed by atoms with Crippen molar-refractivity contribution in [3.63, 3.8) is 0 Å². The summed E-state index contributed by atoms with van der Waals surface area (Å²) in [7, 11) is 3.31. The molecule has 2 aromatic rings. The Morgan fingerprint density at radius 2 is 2.11 bits per heavy atom. The third-order valence-corrected chi connectivity index (χ3v) is 3.72. The van der Waals surface area contributed by atoms with Crippen molar-refractivity contribution < 1.29 is 14.3 Å². The van der Waals surface area contributed by atoms with Crippen LogP contribution in [0.3, 0.4) is 0 Å². The molecule has 0 aliphatic rings. The Morgan fingerprint density at radius 1 is 1.37 bits per heavy atom. The van der Waals surface area contributed by atoms with Crippen molar-refractivity contribution in [2.45, 2.75) is 13.8 Å². The van der Waals surface area contributed by atoms with Gasteiger partial charge in [-0.1, -0.05) is 0 Å². The van der Waals surface area contributed by atoms with Crippen molar-refractivity contribution >= 4 is 24.3 Å². The summed E-state index contributed by atoms with van der Waals surface area (Å²) in [5.41, 5.74) is 0.521. The summed E-state index contributed by atoms with van der Waals surface area (Å²) in [6.45, 7) is 3.73. The van der Waals surface area contributed by atoms with Gasteiger partial charge in [-0.05, 0) is 49.8 Å². The summed E-state index contributed by atoms with van der Waals surface area (Å²) < 4.78 is 12.3. The number of nitrogens with one attached hydrogen (secondary N) is 1. The molecule has 2 rings (SSSR count). The third-order valence-electron chi connectivity index (χ3n) is 3.45. The van der Waals surface area contributed by atoms with Gasteiger partial charge in [-0.2, -0.15) is 14.9 Å². The zero-order valence-corrected chi connectivity index (χ0v) is 16.4. The Labute approximate surface area is 161 Å². The molecule has 0 atom stereocenters. The van der Waals surface area contributed by atoms with Crippen LogP contribution in [-0.2, 0) is 4.79 Å². The Kier molecular flexibility index (Phi) is 6.83. The molecule has 0 aliphatic heterocycles. The van der Waals surface area contributed by atoms with E-state index in [2.05, 4.69) is 15.3 Å². The Morgan fingerprint density at radius 3 is 2.78 bits per heavy atom. The predicted molar refractivity (Wildman–Crippen MR) is 103 cm³/mol. The molecular weight excluding hydrogens is 370 g/mol. The second-order valence-corrected chi connectivity index (χ2v) is 6.08. The molecule has 0 fully saturated rings. The molecule has 1 heterocycles. The van der Waals surface area contributed by atoms with E-state index in [9.17, 15) is 9.59 Å². The number of benzene rings is 1. The Bertz CT molecular complexity index is 965. The molecule has 1 aromatic heterocycles. The molecule has 1 N–H and O–H groups in total. The normalized spacial score (nSPS) is 10.8. The average Bonchev–Trinajstić information content (AvgIpc) is 2.64. The van der Waals surface area contributed by atoms with E-state index in [1.807, 2.05) is 6.92 Å². The zero-order valence-electron chi connectivity index (χ0n) is 15.6. The van der Waals surface area contributed by atoms with Gasteiger partial charge in [0.25, 0.3) is 11.5 Å². The van der Waals surface area contributed by atoms with Crippen molar-refractivity contribution in [1.29, 1.82) is 0 Å². The maximum atomic E-state index is 12.1. The van der Waals surface area contributed by atoms with E-state index in [0.717, 1.165) is 4.68 Å². The molecule has 0 unspecified atom stereocenters. The largest absolute Gasteiger partial charge is 0.490 e. The average molecular weight is 391 g/mol. The van der Waals surface area contributed by atoms with Crippen molar-refractivity contribution in [1.82, 2.24) is 19.8 Å². The maximum Gasteiger partial charge on any atom is 0.296 e. The van der Waals surface area contributed by atoms with Gasteiger partial charge < -0.3 is 14.4 Å². The monoisotopic (exact) mass is 391 g/mol. The topological polar surface area (TPSA) is 102 Å². The number of amides is 1. The lowest BCUT2D eigenvalue weighted by atomic mass is 10.2. The van der Waals surface area contributed by atoms with Crippen molar-refractivity contribution in [3.05, 3.63) is 44.6 Å². The van der Waals surface area contributed by atoms with E-state index in [1.54, 1.807) is 39.2 Å². The van der Waals surface area contributed by atoms with E-state index in [1.165, 1.54) is 11.1 Å². The third kappa shape index (κ3) is 5.23. The molecular formula is C17H21N5O4S. The highest BCUT2D eigenvalue weighted by Gasteiger charge is 2.10. The van der Waals surface area contributed by atoms with Crippen LogP contribution >= 0.6 is 12.2 Å². The first-order chi connectivity index (χ1) is 12.8. The SMILES string of the molecule is CCOc1cc(/C=N/n2c(=S)[nH]nc(C)c2=O)ccc1OCC(=O)N(C)C. The van der Waals surface area contributed by atoms with Crippen LogP contribution in [0.25, 0.3) is 0 Å². The summed E-state index contributed by atoms with van der Waals surface area (Å²) in [4.78, 5) is 25.2. The summed E-state index contributed by atoms with van der Waals surface area (Å²) in [6, 6.07) is 5.11. The molecule has 10 heteroatoms. The number of carbonyl (C=O) groups is 1. The van der Waals surface area contributed by atoms with Gasteiger partial charge in [0.15, 0.2) is 18.1 Å². The second kappa shape index (κ2) is 9.08. The summed E-state index contributed by atoms with van der Waals surface area (Å²) in [6.07, 6.45) is 1.47. The predicted octanol–water partition coefficient (Wildman–Crippen LogP) is 1.36. The minimum absolute atomic E-state index is 0.0917. The van der Waals surface area contributed by atoms with Gasteiger partial charge in [0.05, 0.1) is 12.8 Å². The fraction of sp³-hybridized carbons (Fsp3) is 0.353. The number of likely N-dealkylation sites (N-methyl/N-ethyl adjacent to an activating group) is 1. The molecule has 0 saturated carbocycles. The van der Waals surface area contributed by atoms with Gasteiger partial charge in [-0.15, -0.1) is 0 Å². The first kappa shape index (κ1) is 20.3. The van der Waals surface area contributed by atoms with Crippen LogP contribution in [0.1, 0.15) is 18.2 Å². The highest BCUT2D eigenvalue weighted by atomic mass is 32.1. The molecule has 0 spiro atoms. The first-order valence-electron chi connectivity index (χ1n) is 8.16. The number of carbonyl (C=O) groups excluding carboxylic acids is 1. The molecule has 0 bridgehead atoms. The van der Waals surface area contributed by atoms with Gasteiger partial charge in [-0.25, -0.2) is 0 Å². The van der Waals surface area contributed by atoms with Crippen LogP contribution in [0.2, 0.25) is 0 Å². The number of nitrogens with zero attached hydrogens (tertiary/aromatic N) is 4. The van der Waals surface area contributed by atoms with Gasteiger partial charge in [0.2, 0.25) is 4.77 Å². The molecule has 144 valence electrons. The van der Waals surface area contributed by atoms with Crippen LogP contribution in [-0.4, -0.2) is 59.2 Å². The number of hydrogen-bond acceptors (Lipinski definition) is 7. The minimum Gasteiger partial charge on any atom is -0.490 e. The fourth-order valence-corrected chi connectivity index (χ4v) is 2.14. The first-order valence-corrected chi connectivity index (χ1v) is 8.56. The molecule has 0 saturated heterocycles. The minimum atomic E-state index is -0.401. The highest BCUT2D eigenvalue weighted by Crippen LogP contribution is 2.28. The number of ether oxygens (including phenoxy) is 2. The second-order valence-electron chi connectivity index (χ2n) is 5.69. The standard InChI is InChI=1S/C17H21N5O4S/c1-5-25-14-8-12(6-7-13(14)26-10-15(23)21(3)4)9-18-22-16(24)11(2)19-20-17(22)27/h6-9H,5,10H2,1-4H3,(H,20,27)/b18-9+. The van der Waals surface area contributed by atoms with Crippen LogP contribution in [0.4, 0.5) is 0 Å². The van der Waals surface area contributed by atoms with Crippen LogP contribution in [0.15, 0.2) is 28.1 Å². The van der Waals surface area contributed by atoms with E-state index < -0.39 is 5.56 Å². The van der Waals surface area contributed by atoms with E-state index in [4.69, 9.17) is 21.7 Å². The number of aryl methyl sites for hydroxylation is 1. The highest BCUT2D eigenvalue weighted by molar-refractivity contribution is 7.71. The summed E-state index contributed by atoms with van der Waals surface area (Å²) in [5.74, 6) is 0.750. The molecule has 27 heavy (non-hydrogen) atoms. The smallest absolute Gasteiger partial charge is 0.296 e. The number of H-pyrrole nitrogens is 1. The lowest BCUT2D eigenvalue weighted by Gasteiger charge is -2.14. The van der Waals surface area contributed by atoms with Crippen molar-refractivity contribution in [2.24, 2.45) is 5.10 Å². The lowest BCUT2D eigenvalue weighted by molar-refractivity contribution is -0.130. The summed E-state index contributed by atoms with van der Waals surface area (Å²) >= 11 is 5.03. The number of hydrogen-bond donors (Lipinski definition) is 1. The van der Waals surface area contributed by atoms with Gasteiger partial charge >= 0.3 is 0 Å². The maximum absolute atomic E-state index is 12.1. The van der Waals surface area contributed by atoms with E-state index in [-0.39, 0.29) is 23.0 Å². The molecule has 9 nitrogen and oxygen atoms in total. The molecule has 0 radical (unpaired) electrons. The Hall–Kier alpha value is -3.01. The van der Waals surface area contributed by atoms with Gasteiger partial charge in [0, 0.05) is 14.1 Å². The van der Waals surface area contributed by atoms with Gasteiger partial charge in [0.1, 0.15) is 5.69 Å². The van der Waals surface area contributed by atoms with Crippen molar-refractivity contribution in [3.8, 4) is 11.5 Å². The number of aromatic nitrogens is 3. The Balaban J connectivity index is 2.28. The van der Waals surface area contributed by atoms with Gasteiger partial charge in [-0.3, -0.25) is 14.7 Å². The quantitative estimate of drug-likeness (QED) is 0.565.